The number of fused-ring (bicyclic) bond motifs is 1. The van der Waals surface area contributed by atoms with Crippen LogP contribution in [0, 0.1) is 0 Å². The van der Waals surface area contributed by atoms with Crippen LogP contribution >= 0.6 is 0 Å². The first-order chi connectivity index (χ1) is 9.67. The van der Waals surface area contributed by atoms with Crippen molar-refractivity contribution in [3.8, 4) is 0 Å². The molecule has 0 aliphatic carbocycles. The molecule has 2 aromatic rings. The molecule has 2 N–H and O–H groups in total. The normalized spacial score (nSPS) is 22.6. The minimum Gasteiger partial charge on any atom is -0.385 e. The van der Waals surface area contributed by atoms with E-state index in [4.69, 9.17) is 0 Å². The van der Waals surface area contributed by atoms with E-state index in [2.05, 4.69) is 10.3 Å². The molecule has 0 amide bonds. The predicted molar refractivity (Wildman–Crippen MR) is 81.6 cm³/mol. The maximum atomic E-state index is 11.0. The highest BCUT2D eigenvalue weighted by molar-refractivity contribution is 5.85. The quantitative estimate of drug-likeness (QED) is 0.901. The number of hydrogen-bond donors (Lipinski definition) is 2. The molecule has 0 spiro atoms. The lowest BCUT2D eigenvalue weighted by atomic mass is 9.84. The van der Waals surface area contributed by atoms with E-state index in [-0.39, 0.29) is 0 Å². The number of nitrogens with zero attached hydrogens (tertiary/aromatic N) is 1. The second-order valence-corrected chi connectivity index (χ2v) is 6.03. The van der Waals surface area contributed by atoms with Crippen LogP contribution in [-0.4, -0.2) is 22.7 Å². The van der Waals surface area contributed by atoms with Gasteiger partial charge in [-0.1, -0.05) is 24.6 Å². The molecule has 0 bridgehead atoms. The van der Waals surface area contributed by atoms with Gasteiger partial charge >= 0.3 is 0 Å². The Morgan fingerprint density at radius 2 is 2.25 bits per heavy atom. The second kappa shape index (κ2) is 5.51. The SMILES string of the molecule is CC(O)(CC1CCCCN1)c1cccc2cnccc12. The lowest BCUT2D eigenvalue weighted by Crippen LogP contribution is -2.39. The number of pyridine rings is 1. The van der Waals surface area contributed by atoms with Gasteiger partial charge in [-0.3, -0.25) is 4.98 Å². The maximum absolute atomic E-state index is 11.0. The molecule has 2 unspecified atom stereocenters. The molecule has 20 heavy (non-hydrogen) atoms. The molecule has 0 saturated carbocycles. The Labute approximate surface area is 120 Å². The van der Waals surface area contributed by atoms with E-state index < -0.39 is 5.60 Å². The summed E-state index contributed by atoms with van der Waals surface area (Å²) in [6.07, 6.45) is 8.07. The number of aliphatic hydroxyl groups is 1. The summed E-state index contributed by atoms with van der Waals surface area (Å²) in [4.78, 5) is 4.16. The van der Waals surface area contributed by atoms with Crippen molar-refractivity contribution in [1.82, 2.24) is 10.3 Å². The van der Waals surface area contributed by atoms with Crippen LogP contribution in [0.15, 0.2) is 36.7 Å². The minimum atomic E-state index is -0.810. The van der Waals surface area contributed by atoms with Crippen molar-refractivity contribution in [3.63, 3.8) is 0 Å². The highest BCUT2D eigenvalue weighted by atomic mass is 16.3. The van der Waals surface area contributed by atoms with E-state index in [9.17, 15) is 5.11 Å². The number of rotatable bonds is 3. The zero-order chi connectivity index (χ0) is 14.0. The summed E-state index contributed by atoms with van der Waals surface area (Å²) in [5.41, 5.74) is 0.195. The lowest BCUT2D eigenvalue weighted by molar-refractivity contribution is 0.0346. The number of benzene rings is 1. The van der Waals surface area contributed by atoms with Gasteiger partial charge in [0.1, 0.15) is 0 Å². The average Bonchev–Trinajstić information content (AvgIpc) is 2.47. The van der Waals surface area contributed by atoms with Crippen molar-refractivity contribution in [2.24, 2.45) is 0 Å². The van der Waals surface area contributed by atoms with Gasteiger partial charge in [0.05, 0.1) is 5.60 Å². The van der Waals surface area contributed by atoms with Crippen LogP contribution in [0.5, 0.6) is 0 Å². The van der Waals surface area contributed by atoms with Crippen molar-refractivity contribution in [2.75, 3.05) is 6.54 Å². The van der Waals surface area contributed by atoms with Gasteiger partial charge in [-0.15, -0.1) is 0 Å². The summed E-state index contributed by atoms with van der Waals surface area (Å²) >= 11 is 0. The summed E-state index contributed by atoms with van der Waals surface area (Å²) < 4.78 is 0. The van der Waals surface area contributed by atoms with Crippen molar-refractivity contribution in [3.05, 3.63) is 42.2 Å². The summed E-state index contributed by atoms with van der Waals surface area (Å²) in [7, 11) is 0. The number of nitrogens with one attached hydrogen (secondary N) is 1. The Morgan fingerprint density at radius 3 is 3.05 bits per heavy atom. The highest BCUT2D eigenvalue weighted by Crippen LogP contribution is 2.33. The van der Waals surface area contributed by atoms with E-state index in [0.29, 0.717) is 6.04 Å². The van der Waals surface area contributed by atoms with Crippen molar-refractivity contribution in [2.45, 2.75) is 44.2 Å². The largest absolute Gasteiger partial charge is 0.385 e. The number of piperidine rings is 1. The first-order valence-corrected chi connectivity index (χ1v) is 7.46. The molecule has 1 fully saturated rings. The summed E-state index contributed by atoms with van der Waals surface area (Å²) in [6, 6.07) is 8.48. The third kappa shape index (κ3) is 2.69. The zero-order valence-corrected chi connectivity index (χ0v) is 12.0. The topological polar surface area (TPSA) is 45.1 Å². The van der Waals surface area contributed by atoms with Crippen LogP contribution in [0.2, 0.25) is 0 Å². The molecule has 2 heterocycles. The van der Waals surface area contributed by atoms with Gasteiger partial charge in [0.15, 0.2) is 0 Å². The fourth-order valence-corrected chi connectivity index (χ4v) is 3.28. The molecule has 1 aromatic heterocycles. The van der Waals surface area contributed by atoms with Gasteiger partial charge in [-0.05, 0) is 49.7 Å². The van der Waals surface area contributed by atoms with Crippen LogP contribution in [0.1, 0.15) is 38.2 Å². The summed E-state index contributed by atoms with van der Waals surface area (Å²) in [5, 5.41) is 16.7. The molecule has 1 saturated heterocycles. The molecule has 2 atom stereocenters. The minimum absolute atomic E-state index is 0.413. The third-order valence-electron chi connectivity index (χ3n) is 4.32. The smallest absolute Gasteiger partial charge is 0.0889 e. The molecule has 3 heteroatoms. The van der Waals surface area contributed by atoms with Crippen molar-refractivity contribution in [1.29, 1.82) is 0 Å². The summed E-state index contributed by atoms with van der Waals surface area (Å²) in [5.74, 6) is 0. The molecular formula is C17H22N2O. The first-order valence-electron chi connectivity index (χ1n) is 7.46. The summed E-state index contributed by atoms with van der Waals surface area (Å²) in [6.45, 7) is 3.00. The van der Waals surface area contributed by atoms with Gasteiger partial charge in [0, 0.05) is 23.8 Å². The molecule has 3 rings (SSSR count). The molecule has 1 aliphatic heterocycles. The van der Waals surface area contributed by atoms with Crippen LogP contribution in [0.4, 0.5) is 0 Å². The molecular weight excluding hydrogens is 248 g/mol. The van der Waals surface area contributed by atoms with E-state index >= 15 is 0 Å². The fraction of sp³-hybridized carbons (Fsp3) is 0.471. The average molecular weight is 270 g/mol. The monoisotopic (exact) mass is 270 g/mol. The number of aromatic nitrogens is 1. The fourth-order valence-electron chi connectivity index (χ4n) is 3.28. The Kier molecular flexibility index (Phi) is 3.72. The molecule has 3 nitrogen and oxygen atoms in total. The van der Waals surface area contributed by atoms with Gasteiger partial charge < -0.3 is 10.4 Å². The second-order valence-electron chi connectivity index (χ2n) is 6.03. The van der Waals surface area contributed by atoms with Crippen molar-refractivity contribution < 1.29 is 5.11 Å². The lowest BCUT2D eigenvalue weighted by Gasteiger charge is -2.32. The van der Waals surface area contributed by atoms with Gasteiger partial charge in [0.25, 0.3) is 0 Å². The van der Waals surface area contributed by atoms with Crippen LogP contribution < -0.4 is 5.32 Å². The maximum Gasteiger partial charge on any atom is 0.0889 e. The van der Waals surface area contributed by atoms with E-state index in [1.54, 1.807) is 6.20 Å². The zero-order valence-electron chi connectivity index (χ0n) is 12.0. The molecule has 106 valence electrons. The Hall–Kier alpha value is -1.45. The predicted octanol–water partition coefficient (Wildman–Crippen LogP) is 2.97. The Bertz CT molecular complexity index is 583. The molecule has 0 radical (unpaired) electrons. The van der Waals surface area contributed by atoms with Crippen LogP contribution in [0.3, 0.4) is 0 Å². The van der Waals surface area contributed by atoms with E-state index in [1.807, 2.05) is 37.4 Å². The van der Waals surface area contributed by atoms with Gasteiger partial charge in [-0.25, -0.2) is 0 Å². The Balaban J connectivity index is 1.91. The highest BCUT2D eigenvalue weighted by Gasteiger charge is 2.29. The van der Waals surface area contributed by atoms with Crippen LogP contribution in [0.25, 0.3) is 10.8 Å². The van der Waals surface area contributed by atoms with E-state index in [0.717, 1.165) is 35.7 Å². The standard InChI is InChI=1S/C17H22N2O/c1-17(20,11-14-6-2-3-9-19-14)16-7-4-5-13-12-18-10-8-15(13)16/h4-5,7-8,10,12,14,19-20H,2-3,6,9,11H2,1H3. The number of hydrogen-bond acceptors (Lipinski definition) is 3. The molecule has 1 aromatic carbocycles. The first kappa shape index (κ1) is 13.5. The van der Waals surface area contributed by atoms with E-state index in [1.165, 1.54) is 12.8 Å². The third-order valence-corrected chi connectivity index (χ3v) is 4.32. The van der Waals surface area contributed by atoms with Gasteiger partial charge in [-0.2, -0.15) is 0 Å². The Morgan fingerprint density at radius 1 is 1.35 bits per heavy atom. The van der Waals surface area contributed by atoms with Gasteiger partial charge in [0.2, 0.25) is 0 Å². The van der Waals surface area contributed by atoms with Crippen molar-refractivity contribution >= 4 is 10.8 Å². The molecule has 1 aliphatic rings. The van der Waals surface area contributed by atoms with Crippen LogP contribution in [-0.2, 0) is 5.60 Å².